The van der Waals surface area contributed by atoms with Crippen molar-refractivity contribution in [2.24, 2.45) is 23.7 Å². The molecule has 0 aromatic heterocycles. The van der Waals surface area contributed by atoms with E-state index in [4.69, 9.17) is 18.6 Å². The lowest BCUT2D eigenvalue weighted by Crippen LogP contribution is -2.45. The number of rotatable bonds is 11. The van der Waals surface area contributed by atoms with E-state index in [9.17, 15) is 9.59 Å². The number of carbonyl (C=O) groups is 2. The summed E-state index contributed by atoms with van der Waals surface area (Å²) in [5, 5.41) is 0.0767. The van der Waals surface area contributed by atoms with Crippen LogP contribution >= 0.6 is 0 Å². The Morgan fingerprint density at radius 2 is 1.89 bits per heavy atom. The van der Waals surface area contributed by atoms with Crippen molar-refractivity contribution in [1.82, 2.24) is 0 Å². The number of Topliss-reactive ketones (excluding diaryl/α,β-unsaturated/α-hetero) is 1. The normalized spacial score (nSPS) is 27.2. The SMILES string of the molecule is CCO[C@H]1C[C@@H]2C(=CO1)/C(=C(/C)CC[C@@H](O[Si](C)(C)C(C)(C)C)[C@H](C)/C=C/C(=O)OC)C[C@@H](C(C)=O)[C@H]2C. The molecular formula is C31H52O6Si. The maximum Gasteiger partial charge on any atom is 0.330 e. The predicted octanol–water partition coefficient (Wildman–Crippen LogP) is 7.37. The summed E-state index contributed by atoms with van der Waals surface area (Å²) in [6.45, 7) is 22.1. The molecule has 1 fully saturated rings. The number of allylic oxidation sites excluding steroid dienone is 3. The Kier molecular flexibility index (Phi) is 11.6. The van der Waals surface area contributed by atoms with Gasteiger partial charge < -0.3 is 18.6 Å². The minimum absolute atomic E-state index is 0.00340. The maximum atomic E-state index is 12.7. The molecule has 1 aliphatic carbocycles. The largest absolute Gasteiger partial charge is 0.472 e. The van der Waals surface area contributed by atoms with Crippen LogP contribution in [0.4, 0.5) is 0 Å². The van der Waals surface area contributed by atoms with E-state index >= 15 is 0 Å². The van der Waals surface area contributed by atoms with Crippen molar-refractivity contribution < 1.29 is 28.2 Å². The van der Waals surface area contributed by atoms with E-state index in [1.54, 1.807) is 6.92 Å². The summed E-state index contributed by atoms with van der Waals surface area (Å²) in [4.78, 5) is 24.4. The van der Waals surface area contributed by atoms with Gasteiger partial charge in [0.2, 0.25) is 0 Å². The molecule has 216 valence electrons. The Hall–Kier alpha value is -1.70. The van der Waals surface area contributed by atoms with Gasteiger partial charge in [0.25, 0.3) is 0 Å². The smallest absolute Gasteiger partial charge is 0.330 e. The molecule has 0 N–H and O–H groups in total. The Bertz CT molecular complexity index is 925. The van der Waals surface area contributed by atoms with E-state index in [1.165, 1.54) is 29.9 Å². The van der Waals surface area contributed by atoms with Crippen LogP contribution in [0.1, 0.15) is 81.1 Å². The standard InChI is InChI=1S/C31H52O6Si/c1-12-35-30-18-26-22(4)25(23(5)32)17-24(27(26)19-36-30)20(2)13-15-28(21(3)14-16-29(33)34-9)37-38(10,11)31(6,7)8/h14,16,19,21-22,25-26,28,30H,12-13,15,17-18H2,1-11H3/b16-14+,24-20-/t21-,22-,25-,26+,28-,30-/m1/s1. The van der Waals surface area contributed by atoms with E-state index in [0.29, 0.717) is 6.61 Å². The first-order valence-electron chi connectivity index (χ1n) is 14.2. The van der Waals surface area contributed by atoms with Gasteiger partial charge in [-0.05, 0) is 87.1 Å². The summed E-state index contributed by atoms with van der Waals surface area (Å²) >= 11 is 0. The average Bonchev–Trinajstić information content (AvgIpc) is 2.84. The summed E-state index contributed by atoms with van der Waals surface area (Å²) in [6.07, 6.45) is 8.21. The molecule has 0 unspecified atom stereocenters. The van der Waals surface area contributed by atoms with Crippen LogP contribution in [0.2, 0.25) is 18.1 Å². The molecule has 1 aliphatic heterocycles. The van der Waals surface area contributed by atoms with Crippen LogP contribution in [-0.2, 0) is 28.2 Å². The Balaban J connectivity index is 2.36. The quantitative estimate of drug-likeness (QED) is 0.153. The van der Waals surface area contributed by atoms with Crippen molar-refractivity contribution in [1.29, 1.82) is 0 Å². The van der Waals surface area contributed by atoms with Gasteiger partial charge >= 0.3 is 5.97 Å². The molecule has 38 heavy (non-hydrogen) atoms. The fourth-order valence-corrected chi connectivity index (χ4v) is 6.81. The summed E-state index contributed by atoms with van der Waals surface area (Å²) in [7, 11) is -0.649. The van der Waals surface area contributed by atoms with Gasteiger partial charge in [0, 0.05) is 25.0 Å². The fraction of sp³-hybridized carbons (Fsp3) is 0.742. The Labute approximate surface area is 232 Å². The molecule has 1 heterocycles. The minimum Gasteiger partial charge on any atom is -0.472 e. The van der Waals surface area contributed by atoms with Crippen LogP contribution < -0.4 is 0 Å². The number of fused-ring (bicyclic) bond motifs is 1. The molecule has 0 radical (unpaired) electrons. The molecule has 6 atom stereocenters. The molecule has 0 spiro atoms. The molecule has 0 aromatic rings. The third kappa shape index (κ3) is 8.15. The minimum atomic E-state index is -2.04. The van der Waals surface area contributed by atoms with Crippen molar-refractivity contribution in [3.63, 3.8) is 0 Å². The van der Waals surface area contributed by atoms with Gasteiger partial charge in [-0.25, -0.2) is 4.79 Å². The number of methoxy groups -OCH3 is 1. The van der Waals surface area contributed by atoms with Gasteiger partial charge in [-0.1, -0.05) is 46.3 Å². The Morgan fingerprint density at radius 3 is 2.45 bits per heavy atom. The number of ether oxygens (including phenoxy) is 3. The zero-order chi connectivity index (χ0) is 28.8. The second kappa shape index (κ2) is 13.6. The summed E-state index contributed by atoms with van der Waals surface area (Å²) < 4.78 is 23.4. The second-order valence-corrected chi connectivity index (χ2v) is 17.4. The van der Waals surface area contributed by atoms with E-state index in [2.05, 4.69) is 54.6 Å². The molecule has 2 rings (SSSR count). The highest BCUT2D eigenvalue weighted by molar-refractivity contribution is 6.74. The summed E-state index contributed by atoms with van der Waals surface area (Å²) in [5.74, 6) is 0.447. The number of hydrogen-bond acceptors (Lipinski definition) is 6. The zero-order valence-corrected chi connectivity index (χ0v) is 26.7. The van der Waals surface area contributed by atoms with Gasteiger partial charge in [-0.3, -0.25) is 4.79 Å². The van der Waals surface area contributed by atoms with Crippen molar-refractivity contribution in [3.8, 4) is 0 Å². The van der Waals surface area contributed by atoms with Gasteiger partial charge in [0.1, 0.15) is 5.78 Å². The second-order valence-electron chi connectivity index (χ2n) is 12.7. The molecule has 0 aromatic carbocycles. The number of carbonyl (C=O) groups excluding carboxylic acids is 2. The lowest BCUT2D eigenvalue weighted by Gasteiger charge is -2.43. The first kappa shape index (κ1) is 32.5. The molecule has 0 saturated heterocycles. The average molecular weight is 549 g/mol. The van der Waals surface area contributed by atoms with Crippen molar-refractivity contribution in [2.75, 3.05) is 13.7 Å². The van der Waals surface area contributed by atoms with Crippen LogP contribution in [0.15, 0.2) is 35.1 Å². The zero-order valence-electron chi connectivity index (χ0n) is 25.7. The number of hydrogen-bond donors (Lipinski definition) is 0. The highest BCUT2D eigenvalue weighted by Crippen LogP contribution is 2.48. The topological polar surface area (TPSA) is 71.1 Å². The van der Waals surface area contributed by atoms with Gasteiger partial charge in [0.15, 0.2) is 14.6 Å². The molecule has 1 saturated carbocycles. The molecule has 0 amide bonds. The molecule has 6 nitrogen and oxygen atoms in total. The lowest BCUT2D eigenvalue weighted by molar-refractivity contribution is -0.134. The van der Waals surface area contributed by atoms with Gasteiger partial charge in [0.05, 0.1) is 19.5 Å². The van der Waals surface area contributed by atoms with E-state index < -0.39 is 8.32 Å². The van der Waals surface area contributed by atoms with Crippen LogP contribution in [0, 0.1) is 23.7 Å². The van der Waals surface area contributed by atoms with Crippen LogP contribution in [0.25, 0.3) is 0 Å². The highest BCUT2D eigenvalue weighted by atomic mass is 28.4. The monoisotopic (exact) mass is 548 g/mol. The molecule has 7 heteroatoms. The van der Waals surface area contributed by atoms with E-state index in [1.807, 2.05) is 19.3 Å². The summed E-state index contributed by atoms with van der Waals surface area (Å²) in [6, 6.07) is 0. The van der Waals surface area contributed by atoms with Crippen molar-refractivity contribution in [2.45, 2.75) is 112 Å². The fourth-order valence-electron chi connectivity index (χ4n) is 5.37. The van der Waals surface area contributed by atoms with Crippen LogP contribution in [-0.4, -0.2) is 46.2 Å². The van der Waals surface area contributed by atoms with E-state index in [-0.39, 0.29) is 52.9 Å². The first-order valence-corrected chi connectivity index (χ1v) is 17.1. The van der Waals surface area contributed by atoms with Crippen molar-refractivity contribution in [3.05, 3.63) is 35.1 Å². The lowest BCUT2D eigenvalue weighted by atomic mass is 9.64. The van der Waals surface area contributed by atoms with Gasteiger partial charge in [-0.15, -0.1) is 0 Å². The highest BCUT2D eigenvalue weighted by Gasteiger charge is 2.43. The molecule has 0 bridgehead atoms. The third-order valence-electron chi connectivity index (χ3n) is 9.00. The van der Waals surface area contributed by atoms with Crippen LogP contribution in [0.3, 0.4) is 0 Å². The maximum absolute atomic E-state index is 12.7. The first-order chi connectivity index (χ1) is 17.6. The number of esters is 1. The summed E-state index contributed by atoms with van der Waals surface area (Å²) in [5.41, 5.74) is 3.77. The van der Waals surface area contributed by atoms with Crippen molar-refractivity contribution >= 4 is 20.1 Å². The van der Waals surface area contributed by atoms with Gasteiger partial charge in [-0.2, -0.15) is 0 Å². The third-order valence-corrected chi connectivity index (χ3v) is 13.5. The predicted molar refractivity (Wildman–Crippen MR) is 155 cm³/mol. The van der Waals surface area contributed by atoms with E-state index in [0.717, 1.165) is 25.7 Å². The molecular weight excluding hydrogens is 496 g/mol. The van der Waals surface area contributed by atoms with Crippen LogP contribution in [0.5, 0.6) is 0 Å². The Morgan fingerprint density at radius 1 is 1.24 bits per heavy atom. The number of ketones is 1. The molecule has 2 aliphatic rings.